The molecule has 0 saturated heterocycles. The van der Waals surface area contributed by atoms with Gasteiger partial charge in [-0.05, 0) is 90.6 Å². The van der Waals surface area contributed by atoms with Gasteiger partial charge in [-0.15, -0.1) is 0 Å². The van der Waals surface area contributed by atoms with Crippen molar-refractivity contribution in [3.63, 3.8) is 0 Å². The summed E-state index contributed by atoms with van der Waals surface area (Å²) in [6.45, 7) is 6.33. The van der Waals surface area contributed by atoms with Crippen LogP contribution in [-0.2, 0) is 0 Å². The van der Waals surface area contributed by atoms with Crippen LogP contribution in [0.2, 0.25) is 0 Å². The largest absolute Gasteiger partial charge is 0.399 e. The van der Waals surface area contributed by atoms with Gasteiger partial charge < -0.3 is 17.2 Å². The molecule has 0 aromatic heterocycles. The lowest BCUT2D eigenvalue weighted by molar-refractivity contribution is 0.938. The molecular weight excluding hydrogens is 306 g/mol. The number of anilines is 3. The van der Waals surface area contributed by atoms with Crippen LogP contribution >= 0.6 is 0 Å². The second kappa shape index (κ2) is 6.52. The fourth-order valence-electron chi connectivity index (χ4n) is 3.57. The first-order valence-electron chi connectivity index (χ1n) is 8.45. The maximum absolute atomic E-state index is 5.97. The number of aryl methyl sites for hydroxylation is 3. The van der Waals surface area contributed by atoms with Crippen molar-refractivity contribution in [1.82, 2.24) is 0 Å². The van der Waals surface area contributed by atoms with Crippen molar-refractivity contribution in [3.8, 4) is 0 Å². The third-order valence-electron chi connectivity index (χ3n) is 4.81. The number of nitrogens with two attached hydrogens (primary N) is 3. The van der Waals surface area contributed by atoms with E-state index >= 15 is 0 Å². The zero-order valence-corrected chi connectivity index (χ0v) is 15.0. The van der Waals surface area contributed by atoms with Crippen molar-refractivity contribution in [3.05, 3.63) is 88.0 Å². The first kappa shape index (κ1) is 16.9. The second-order valence-corrected chi connectivity index (χ2v) is 6.78. The Morgan fingerprint density at radius 2 is 0.800 bits per heavy atom. The van der Waals surface area contributed by atoms with Crippen molar-refractivity contribution >= 4 is 17.1 Å². The Hall–Kier alpha value is -2.94. The van der Waals surface area contributed by atoms with Crippen molar-refractivity contribution in [2.45, 2.75) is 26.7 Å². The van der Waals surface area contributed by atoms with Gasteiger partial charge in [-0.2, -0.15) is 0 Å². The molecule has 0 aliphatic carbocycles. The summed E-state index contributed by atoms with van der Waals surface area (Å²) in [5.41, 5.74) is 27.5. The lowest BCUT2D eigenvalue weighted by atomic mass is 9.79. The SMILES string of the molecule is Cc1cc(N)ccc1C(c1ccc(N)cc1C)c1ccc(N)cc1C. The molecule has 0 atom stereocenters. The molecule has 3 nitrogen and oxygen atoms in total. The molecule has 0 fully saturated rings. The molecule has 3 aromatic carbocycles. The molecule has 0 aliphatic heterocycles. The third kappa shape index (κ3) is 3.31. The van der Waals surface area contributed by atoms with E-state index in [0.29, 0.717) is 0 Å². The van der Waals surface area contributed by atoms with Gasteiger partial charge in [-0.1, -0.05) is 18.2 Å². The molecule has 0 saturated carbocycles. The molecule has 3 heteroatoms. The first-order chi connectivity index (χ1) is 11.9. The number of benzene rings is 3. The van der Waals surface area contributed by atoms with Crippen LogP contribution in [0.3, 0.4) is 0 Å². The zero-order chi connectivity index (χ0) is 18.1. The lowest BCUT2D eigenvalue weighted by Crippen LogP contribution is -2.10. The Balaban J connectivity index is 2.27. The molecule has 0 unspecified atom stereocenters. The highest BCUT2D eigenvalue weighted by Gasteiger charge is 2.22. The Kier molecular flexibility index (Phi) is 4.41. The summed E-state index contributed by atoms with van der Waals surface area (Å²) in [5, 5.41) is 0. The van der Waals surface area contributed by atoms with Gasteiger partial charge in [0.15, 0.2) is 0 Å². The summed E-state index contributed by atoms with van der Waals surface area (Å²) in [6.07, 6.45) is 0. The minimum atomic E-state index is 0.113. The second-order valence-electron chi connectivity index (χ2n) is 6.78. The maximum Gasteiger partial charge on any atom is 0.0347 e. The van der Waals surface area contributed by atoms with Crippen molar-refractivity contribution in [2.75, 3.05) is 17.2 Å². The molecule has 0 aliphatic rings. The summed E-state index contributed by atoms with van der Waals surface area (Å²) in [7, 11) is 0. The van der Waals surface area contributed by atoms with Crippen LogP contribution in [-0.4, -0.2) is 0 Å². The lowest BCUT2D eigenvalue weighted by Gasteiger charge is -2.25. The van der Waals surface area contributed by atoms with Crippen LogP contribution in [0.5, 0.6) is 0 Å². The van der Waals surface area contributed by atoms with Gasteiger partial charge >= 0.3 is 0 Å². The molecule has 6 N–H and O–H groups in total. The first-order valence-corrected chi connectivity index (χ1v) is 8.45. The highest BCUT2D eigenvalue weighted by molar-refractivity contribution is 5.58. The number of hydrogen-bond donors (Lipinski definition) is 3. The van der Waals surface area contributed by atoms with Crippen LogP contribution in [0.15, 0.2) is 54.6 Å². The van der Waals surface area contributed by atoms with Crippen LogP contribution in [0.4, 0.5) is 17.1 Å². The minimum absolute atomic E-state index is 0.113. The maximum atomic E-state index is 5.97. The van der Waals surface area contributed by atoms with Crippen molar-refractivity contribution < 1.29 is 0 Å². The topological polar surface area (TPSA) is 78.1 Å². The smallest absolute Gasteiger partial charge is 0.0347 e. The summed E-state index contributed by atoms with van der Waals surface area (Å²) in [6, 6.07) is 18.4. The number of rotatable bonds is 3. The molecule has 0 radical (unpaired) electrons. The van der Waals surface area contributed by atoms with Gasteiger partial charge in [0.1, 0.15) is 0 Å². The van der Waals surface area contributed by atoms with E-state index in [1.54, 1.807) is 0 Å². The average Bonchev–Trinajstić information content (AvgIpc) is 2.52. The quantitative estimate of drug-likeness (QED) is 0.487. The van der Waals surface area contributed by atoms with Gasteiger partial charge in [0.05, 0.1) is 0 Å². The molecule has 0 spiro atoms. The molecule has 0 bridgehead atoms. The summed E-state index contributed by atoms with van der Waals surface area (Å²) < 4.78 is 0. The van der Waals surface area contributed by atoms with E-state index < -0.39 is 0 Å². The Bertz CT molecular complexity index is 806. The number of hydrogen-bond acceptors (Lipinski definition) is 3. The highest BCUT2D eigenvalue weighted by atomic mass is 14.6. The van der Waals surface area contributed by atoms with E-state index in [1.807, 2.05) is 36.4 Å². The molecule has 0 amide bonds. The minimum Gasteiger partial charge on any atom is -0.399 e. The third-order valence-corrected chi connectivity index (χ3v) is 4.81. The molecule has 128 valence electrons. The average molecular weight is 331 g/mol. The Morgan fingerprint density at radius 1 is 0.520 bits per heavy atom. The van der Waals surface area contributed by atoms with Crippen molar-refractivity contribution in [1.29, 1.82) is 0 Å². The van der Waals surface area contributed by atoms with Gasteiger partial charge in [-0.25, -0.2) is 0 Å². The van der Waals surface area contributed by atoms with Crippen LogP contribution in [0, 0.1) is 20.8 Å². The zero-order valence-electron chi connectivity index (χ0n) is 15.0. The summed E-state index contributed by atoms with van der Waals surface area (Å²) in [4.78, 5) is 0. The van der Waals surface area contributed by atoms with E-state index in [4.69, 9.17) is 17.2 Å². The van der Waals surface area contributed by atoms with E-state index in [0.717, 1.165) is 17.1 Å². The van der Waals surface area contributed by atoms with Gasteiger partial charge in [0.25, 0.3) is 0 Å². The monoisotopic (exact) mass is 331 g/mol. The summed E-state index contributed by atoms with van der Waals surface area (Å²) in [5.74, 6) is 0.113. The fraction of sp³-hybridized carbons (Fsp3) is 0.182. The van der Waals surface area contributed by atoms with Crippen LogP contribution in [0.25, 0.3) is 0 Å². The van der Waals surface area contributed by atoms with Crippen molar-refractivity contribution in [2.24, 2.45) is 0 Å². The molecular formula is C22H25N3. The Morgan fingerprint density at radius 3 is 1.04 bits per heavy atom. The predicted molar refractivity (Wildman–Crippen MR) is 108 cm³/mol. The van der Waals surface area contributed by atoms with E-state index in [-0.39, 0.29) is 5.92 Å². The molecule has 3 rings (SSSR count). The normalized spacial score (nSPS) is 11.0. The van der Waals surface area contributed by atoms with Gasteiger partial charge in [0, 0.05) is 23.0 Å². The van der Waals surface area contributed by atoms with Crippen LogP contribution in [0.1, 0.15) is 39.3 Å². The predicted octanol–water partition coefficient (Wildman–Crippen LogP) is 4.54. The number of nitrogen functional groups attached to an aromatic ring is 3. The van der Waals surface area contributed by atoms with Gasteiger partial charge in [0.2, 0.25) is 0 Å². The molecule has 3 aromatic rings. The summed E-state index contributed by atoms with van der Waals surface area (Å²) >= 11 is 0. The fourth-order valence-corrected chi connectivity index (χ4v) is 3.57. The van der Waals surface area contributed by atoms with Gasteiger partial charge in [-0.3, -0.25) is 0 Å². The molecule has 0 heterocycles. The van der Waals surface area contributed by atoms with Crippen LogP contribution < -0.4 is 17.2 Å². The van der Waals surface area contributed by atoms with E-state index in [9.17, 15) is 0 Å². The standard InChI is InChI=1S/C22H25N3/c1-13-10-16(23)4-7-19(13)22(20-8-5-17(24)11-14(20)2)21-9-6-18(25)12-15(21)3/h4-12,22H,23-25H2,1-3H3. The van der Waals surface area contributed by atoms with E-state index in [1.165, 1.54) is 33.4 Å². The Labute approximate surface area is 149 Å². The highest BCUT2D eigenvalue weighted by Crippen LogP contribution is 2.38. The van der Waals surface area contributed by atoms with E-state index in [2.05, 4.69) is 39.0 Å². The molecule has 25 heavy (non-hydrogen) atoms.